The maximum Gasteiger partial charge on any atom is 0.412 e. The monoisotopic (exact) mass is 755 g/mol. The second kappa shape index (κ2) is 17.4. The summed E-state index contributed by atoms with van der Waals surface area (Å²) in [7, 11) is 0. The molecule has 1 unspecified atom stereocenters. The van der Waals surface area contributed by atoms with Crippen LogP contribution in [-0.4, -0.2) is 94.0 Å². The van der Waals surface area contributed by atoms with Crippen LogP contribution in [0, 0.1) is 0 Å². The number of hydrogen-bond donors (Lipinski definition) is 2. The van der Waals surface area contributed by atoms with Crippen LogP contribution >= 0.6 is 0 Å². The smallest absolute Gasteiger partial charge is 0.412 e. The number of piperidine rings is 2. The van der Waals surface area contributed by atoms with Crippen LogP contribution in [-0.2, 0) is 4.74 Å². The summed E-state index contributed by atoms with van der Waals surface area (Å²) in [5.41, 5.74) is 1.61. The second-order valence-electron chi connectivity index (χ2n) is 16.0. The van der Waals surface area contributed by atoms with Crippen LogP contribution in [0.3, 0.4) is 0 Å². The third kappa shape index (κ3) is 10.9. The first-order valence-corrected chi connectivity index (χ1v) is 18.8. The summed E-state index contributed by atoms with van der Waals surface area (Å²) >= 11 is 0. The standard InChI is InChI=1S/C27H30N2O7.C16H23NO2/c1-27(2,3)36-26(34)28-14-12-19(13-15-28)35-20-8-4-7-18(16-20)22-11-10-17-6-5-9-21(24(30)31)23(17)29(22)25(32)33;1-16(2,3)17-9-7-14(8-10-17)19-15-6-4-5-13(11-15)12-18/h4-11,16,19,22H,12-15H2,1-3H3,(H,30,31)(H,32,33);4-6,11-12,14H,7-10H2,1-3H3. The SMILES string of the molecule is CC(C)(C)N1CCC(Oc2cccc(C=O)c2)CC1.CC(C)(C)OC(=O)N1CCC(Oc2cccc(C3C=Cc4cccc(C(=O)O)c4N3C(=O)O)c2)CC1. The fraction of sp³-hybridized carbons (Fsp3) is 0.442. The van der Waals surface area contributed by atoms with Crippen LogP contribution < -0.4 is 14.4 Å². The number of para-hydroxylation sites is 1. The Morgan fingerprint density at radius 3 is 1.91 bits per heavy atom. The van der Waals surface area contributed by atoms with Crippen molar-refractivity contribution in [3.63, 3.8) is 0 Å². The zero-order valence-electron chi connectivity index (χ0n) is 32.6. The highest BCUT2D eigenvalue weighted by molar-refractivity contribution is 6.03. The molecule has 3 aromatic rings. The molecule has 55 heavy (non-hydrogen) atoms. The topological polar surface area (TPSA) is 146 Å². The van der Waals surface area contributed by atoms with E-state index in [1.54, 1.807) is 59.5 Å². The van der Waals surface area contributed by atoms with E-state index in [0.717, 1.165) is 42.9 Å². The summed E-state index contributed by atoms with van der Waals surface area (Å²) in [5, 5.41) is 19.7. The Bertz CT molecular complexity index is 1860. The lowest BCUT2D eigenvalue weighted by Crippen LogP contribution is -2.48. The zero-order valence-corrected chi connectivity index (χ0v) is 32.6. The Morgan fingerprint density at radius 1 is 0.764 bits per heavy atom. The fourth-order valence-corrected chi connectivity index (χ4v) is 6.98. The van der Waals surface area contributed by atoms with Crippen molar-refractivity contribution < 1.29 is 43.6 Å². The molecule has 3 aromatic carbocycles. The molecule has 3 aliphatic heterocycles. The minimum atomic E-state index is -1.25. The van der Waals surface area contributed by atoms with Gasteiger partial charge in [0.25, 0.3) is 0 Å². The first-order chi connectivity index (χ1) is 26.0. The quantitative estimate of drug-likeness (QED) is 0.225. The number of carbonyl (C=O) groups excluding carboxylic acids is 2. The fourth-order valence-electron chi connectivity index (χ4n) is 6.98. The summed E-state index contributed by atoms with van der Waals surface area (Å²) in [6.45, 7) is 15.4. The lowest BCUT2D eigenvalue weighted by molar-refractivity contribution is 0.0126. The van der Waals surface area contributed by atoms with Gasteiger partial charge in [0, 0.05) is 50.1 Å². The van der Waals surface area contributed by atoms with E-state index < -0.39 is 23.7 Å². The Kier molecular flexibility index (Phi) is 12.9. The number of carboxylic acid groups (broad SMARTS) is 2. The first kappa shape index (κ1) is 40.8. The predicted molar refractivity (Wildman–Crippen MR) is 210 cm³/mol. The molecule has 0 radical (unpaired) electrons. The summed E-state index contributed by atoms with van der Waals surface area (Å²) in [6, 6.07) is 18.5. The van der Waals surface area contributed by atoms with Gasteiger partial charge >= 0.3 is 18.2 Å². The van der Waals surface area contributed by atoms with Crippen LogP contribution in [0.15, 0.2) is 72.8 Å². The van der Waals surface area contributed by atoms with Gasteiger partial charge in [0.05, 0.1) is 17.3 Å². The molecule has 12 heteroatoms. The number of benzene rings is 3. The van der Waals surface area contributed by atoms with Crippen molar-refractivity contribution in [3.05, 3.63) is 95.1 Å². The number of nitrogens with zero attached hydrogens (tertiary/aromatic N) is 3. The van der Waals surface area contributed by atoms with Gasteiger partial charge in [0.15, 0.2) is 0 Å². The lowest BCUT2D eigenvalue weighted by Gasteiger charge is -2.40. The average Bonchev–Trinajstić information content (AvgIpc) is 3.14. The third-order valence-corrected chi connectivity index (χ3v) is 9.76. The number of aromatic carboxylic acids is 1. The Balaban J connectivity index is 0.000000256. The van der Waals surface area contributed by atoms with E-state index in [9.17, 15) is 29.4 Å². The molecule has 2 N–H and O–H groups in total. The largest absolute Gasteiger partial charge is 0.490 e. The van der Waals surface area contributed by atoms with Gasteiger partial charge in [-0.3, -0.25) is 14.6 Å². The van der Waals surface area contributed by atoms with Crippen molar-refractivity contribution in [3.8, 4) is 11.5 Å². The minimum absolute atomic E-state index is 0.0756. The van der Waals surface area contributed by atoms with Gasteiger partial charge in [-0.2, -0.15) is 0 Å². The van der Waals surface area contributed by atoms with Crippen molar-refractivity contribution in [2.24, 2.45) is 0 Å². The number of anilines is 1. The van der Waals surface area contributed by atoms with Gasteiger partial charge < -0.3 is 29.3 Å². The van der Waals surface area contributed by atoms with Crippen LogP contribution in [0.1, 0.15) is 105 Å². The van der Waals surface area contributed by atoms with Gasteiger partial charge in [-0.25, -0.2) is 14.4 Å². The van der Waals surface area contributed by atoms with Gasteiger partial charge in [-0.05, 0) is 95.8 Å². The highest BCUT2D eigenvalue weighted by Gasteiger charge is 2.34. The number of hydrogen-bond acceptors (Lipinski definition) is 8. The number of rotatable bonds is 7. The number of fused-ring (bicyclic) bond motifs is 1. The Hall–Kier alpha value is -5.36. The van der Waals surface area contributed by atoms with Crippen LogP contribution in [0.4, 0.5) is 15.3 Å². The van der Waals surface area contributed by atoms with Gasteiger partial charge in [-0.1, -0.05) is 48.6 Å². The molecular formula is C43H53N3O9. The molecule has 0 aliphatic carbocycles. The molecule has 2 fully saturated rings. The molecule has 3 aliphatic rings. The van der Waals surface area contributed by atoms with E-state index in [1.807, 2.05) is 39.0 Å². The lowest BCUT2D eigenvalue weighted by atomic mass is 9.95. The van der Waals surface area contributed by atoms with E-state index in [0.29, 0.717) is 48.4 Å². The van der Waals surface area contributed by atoms with E-state index in [1.165, 1.54) is 6.07 Å². The van der Waals surface area contributed by atoms with Crippen molar-refractivity contribution in [1.82, 2.24) is 9.80 Å². The molecule has 0 aromatic heterocycles. The Morgan fingerprint density at radius 2 is 1.35 bits per heavy atom. The minimum Gasteiger partial charge on any atom is -0.490 e. The van der Waals surface area contributed by atoms with Gasteiger partial charge in [0.2, 0.25) is 0 Å². The van der Waals surface area contributed by atoms with E-state index in [2.05, 4.69) is 25.7 Å². The zero-order chi connectivity index (χ0) is 39.9. The van der Waals surface area contributed by atoms with Gasteiger partial charge in [-0.15, -0.1) is 0 Å². The van der Waals surface area contributed by atoms with Crippen molar-refractivity contribution in [1.29, 1.82) is 0 Å². The molecule has 0 spiro atoms. The third-order valence-electron chi connectivity index (χ3n) is 9.76. The van der Waals surface area contributed by atoms with Crippen molar-refractivity contribution in [2.75, 3.05) is 31.1 Å². The number of likely N-dealkylation sites (tertiary alicyclic amines) is 2. The predicted octanol–water partition coefficient (Wildman–Crippen LogP) is 8.56. The maximum absolute atomic E-state index is 12.3. The number of ether oxygens (including phenoxy) is 3. The van der Waals surface area contributed by atoms with Crippen molar-refractivity contribution >= 4 is 36.2 Å². The number of amides is 2. The highest BCUT2D eigenvalue weighted by Crippen LogP contribution is 2.40. The molecule has 1 atom stereocenters. The van der Waals surface area contributed by atoms with E-state index in [-0.39, 0.29) is 35.1 Å². The number of carbonyl (C=O) groups is 4. The molecule has 0 bridgehead atoms. The summed E-state index contributed by atoms with van der Waals surface area (Å²) in [5.74, 6) is 0.194. The molecular weight excluding hydrogens is 702 g/mol. The number of carboxylic acids is 1. The van der Waals surface area contributed by atoms with Crippen LogP contribution in [0.25, 0.3) is 6.08 Å². The maximum atomic E-state index is 12.3. The normalized spacial score (nSPS) is 18.0. The number of aldehydes is 1. The summed E-state index contributed by atoms with van der Waals surface area (Å²) in [6.07, 6.45) is 6.29. The molecule has 3 heterocycles. The van der Waals surface area contributed by atoms with Crippen LogP contribution in [0.5, 0.6) is 11.5 Å². The summed E-state index contributed by atoms with van der Waals surface area (Å²) < 4.78 is 17.6. The molecule has 2 amide bonds. The average molecular weight is 756 g/mol. The second-order valence-corrected chi connectivity index (χ2v) is 16.0. The van der Waals surface area contributed by atoms with E-state index >= 15 is 0 Å². The van der Waals surface area contributed by atoms with Crippen LogP contribution in [0.2, 0.25) is 0 Å². The van der Waals surface area contributed by atoms with Gasteiger partial charge in [0.1, 0.15) is 35.6 Å². The first-order valence-electron chi connectivity index (χ1n) is 18.8. The molecule has 6 rings (SSSR count). The summed E-state index contributed by atoms with van der Waals surface area (Å²) in [4.78, 5) is 52.4. The van der Waals surface area contributed by atoms with Crippen molar-refractivity contribution in [2.45, 2.75) is 96.6 Å². The molecule has 0 saturated carbocycles. The molecule has 2 saturated heterocycles. The highest BCUT2D eigenvalue weighted by atomic mass is 16.6. The Labute approximate surface area is 323 Å². The molecule has 12 nitrogen and oxygen atoms in total. The van der Waals surface area contributed by atoms with E-state index in [4.69, 9.17) is 14.2 Å². The molecule has 294 valence electrons.